The average Bonchev–Trinajstić information content (AvgIpc) is 2.27. The van der Waals surface area contributed by atoms with Crippen LogP contribution in [-0.2, 0) is 9.59 Å². The SMILES string of the molecule is Nc1c(C(=O)O)ccnc1N1CC(=O)NC(=O)C1. The number of hydrogen-bond acceptors (Lipinski definition) is 6. The Morgan fingerprint density at radius 2 is 2.00 bits per heavy atom. The van der Waals surface area contributed by atoms with E-state index in [-0.39, 0.29) is 30.2 Å². The molecule has 0 aromatic carbocycles. The molecule has 4 N–H and O–H groups in total. The molecule has 0 unspecified atom stereocenters. The number of pyridine rings is 1. The number of piperazine rings is 1. The van der Waals surface area contributed by atoms with E-state index >= 15 is 0 Å². The van der Waals surface area contributed by atoms with Crippen molar-refractivity contribution in [3.63, 3.8) is 0 Å². The summed E-state index contributed by atoms with van der Waals surface area (Å²) >= 11 is 0. The maximum absolute atomic E-state index is 11.2. The number of anilines is 2. The zero-order chi connectivity index (χ0) is 13.3. The lowest BCUT2D eigenvalue weighted by Crippen LogP contribution is -2.52. The van der Waals surface area contributed by atoms with Gasteiger partial charge in [-0.3, -0.25) is 14.9 Å². The Hall–Kier alpha value is -2.64. The van der Waals surface area contributed by atoms with Gasteiger partial charge in [-0.2, -0.15) is 0 Å². The van der Waals surface area contributed by atoms with Gasteiger partial charge in [-0.15, -0.1) is 0 Å². The van der Waals surface area contributed by atoms with Crippen molar-refractivity contribution < 1.29 is 19.5 Å². The van der Waals surface area contributed by atoms with Crippen LogP contribution in [0, 0.1) is 0 Å². The number of aromatic nitrogens is 1. The molecule has 0 bridgehead atoms. The second-order valence-electron chi connectivity index (χ2n) is 3.73. The first-order chi connectivity index (χ1) is 8.49. The third-order valence-electron chi connectivity index (χ3n) is 2.45. The Bertz CT molecular complexity index is 527. The molecule has 0 atom stereocenters. The molecule has 8 nitrogen and oxygen atoms in total. The van der Waals surface area contributed by atoms with Crippen LogP contribution in [0.1, 0.15) is 10.4 Å². The predicted octanol–water partition coefficient (Wildman–Crippen LogP) is -1.18. The van der Waals surface area contributed by atoms with Gasteiger partial charge < -0.3 is 15.7 Å². The second-order valence-corrected chi connectivity index (χ2v) is 3.73. The molecule has 1 saturated heterocycles. The zero-order valence-electron chi connectivity index (χ0n) is 9.21. The molecule has 2 heterocycles. The maximum atomic E-state index is 11.2. The molecule has 1 fully saturated rings. The highest BCUT2D eigenvalue weighted by Crippen LogP contribution is 2.24. The topological polar surface area (TPSA) is 126 Å². The van der Waals surface area contributed by atoms with Gasteiger partial charge >= 0.3 is 5.97 Å². The Morgan fingerprint density at radius 3 is 2.56 bits per heavy atom. The summed E-state index contributed by atoms with van der Waals surface area (Å²) in [5.74, 6) is -2.02. The van der Waals surface area contributed by atoms with E-state index in [1.807, 2.05) is 0 Å². The number of carbonyl (C=O) groups is 3. The number of carboxylic acid groups (broad SMARTS) is 1. The smallest absolute Gasteiger partial charge is 0.337 e. The van der Waals surface area contributed by atoms with Crippen molar-refractivity contribution in [3.8, 4) is 0 Å². The Morgan fingerprint density at radius 1 is 1.39 bits per heavy atom. The van der Waals surface area contributed by atoms with Crippen molar-refractivity contribution >= 4 is 29.3 Å². The minimum atomic E-state index is -1.19. The van der Waals surface area contributed by atoms with Gasteiger partial charge in [0.1, 0.15) is 0 Å². The van der Waals surface area contributed by atoms with E-state index in [4.69, 9.17) is 10.8 Å². The maximum Gasteiger partial charge on any atom is 0.337 e. The monoisotopic (exact) mass is 250 g/mol. The van der Waals surface area contributed by atoms with E-state index < -0.39 is 17.8 Å². The first-order valence-electron chi connectivity index (χ1n) is 5.04. The number of hydrogen-bond donors (Lipinski definition) is 3. The van der Waals surface area contributed by atoms with Crippen LogP contribution < -0.4 is 16.0 Å². The van der Waals surface area contributed by atoms with E-state index in [2.05, 4.69) is 10.3 Å². The summed E-state index contributed by atoms with van der Waals surface area (Å²) in [6.07, 6.45) is 1.27. The van der Waals surface area contributed by atoms with Crippen LogP contribution in [0.5, 0.6) is 0 Å². The van der Waals surface area contributed by atoms with E-state index in [1.54, 1.807) is 0 Å². The number of nitrogens with two attached hydrogens (primary N) is 1. The van der Waals surface area contributed by atoms with Gasteiger partial charge in [0.15, 0.2) is 5.82 Å². The van der Waals surface area contributed by atoms with Crippen molar-refractivity contribution in [2.45, 2.75) is 0 Å². The molecule has 2 rings (SSSR count). The Balaban J connectivity index is 2.39. The number of nitrogen functional groups attached to an aromatic ring is 1. The molecule has 1 aromatic rings. The third kappa shape index (κ3) is 2.08. The summed E-state index contributed by atoms with van der Waals surface area (Å²) in [5.41, 5.74) is 5.50. The average molecular weight is 250 g/mol. The molecule has 0 saturated carbocycles. The fraction of sp³-hybridized carbons (Fsp3) is 0.200. The minimum Gasteiger partial charge on any atom is -0.478 e. The second kappa shape index (κ2) is 4.32. The normalized spacial score (nSPS) is 15.4. The summed E-state index contributed by atoms with van der Waals surface area (Å²) in [6, 6.07) is 1.26. The number of aromatic carboxylic acids is 1. The number of amides is 2. The van der Waals surface area contributed by atoms with Gasteiger partial charge in [-0.25, -0.2) is 9.78 Å². The lowest BCUT2D eigenvalue weighted by molar-refractivity contribution is -0.130. The van der Waals surface area contributed by atoms with Crippen LogP contribution in [0.4, 0.5) is 11.5 Å². The van der Waals surface area contributed by atoms with Crippen molar-refractivity contribution in [3.05, 3.63) is 17.8 Å². The highest BCUT2D eigenvalue weighted by Gasteiger charge is 2.26. The molecule has 8 heteroatoms. The number of nitrogens with zero attached hydrogens (tertiary/aromatic N) is 2. The molecular formula is C10H10N4O4. The standard InChI is InChI=1S/C10H10N4O4/c11-8-5(10(17)18)1-2-12-9(8)14-3-6(15)13-7(16)4-14/h1-2H,3-4,11H2,(H,17,18)(H,13,15,16). The van der Waals surface area contributed by atoms with Crippen molar-refractivity contribution in [1.29, 1.82) is 0 Å². The van der Waals surface area contributed by atoms with Gasteiger partial charge in [0.25, 0.3) is 0 Å². The highest BCUT2D eigenvalue weighted by atomic mass is 16.4. The fourth-order valence-electron chi connectivity index (χ4n) is 1.69. The molecule has 0 aliphatic carbocycles. The minimum absolute atomic E-state index is 0.0625. The molecule has 0 radical (unpaired) electrons. The number of carbonyl (C=O) groups excluding carboxylic acids is 2. The predicted molar refractivity (Wildman–Crippen MR) is 61.0 cm³/mol. The van der Waals surface area contributed by atoms with Crippen LogP contribution in [0.15, 0.2) is 12.3 Å². The molecule has 1 aromatic heterocycles. The molecule has 94 valence electrons. The summed E-state index contributed by atoms with van der Waals surface area (Å²) in [4.78, 5) is 38.6. The molecular weight excluding hydrogens is 240 g/mol. The third-order valence-corrected chi connectivity index (χ3v) is 2.45. The van der Waals surface area contributed by atoms with E-state index in [0.717, 1.165) is 0 Å². The van der Waals surface area contributed by atoms with Gasteiger partial charge in [-0.1, -0.05) is 0 Å². The van der Waals surface area contributed by atoms with Gasteiger partial charge in [0, 0.05) is 6.20 Å². The summed E-state index contributed by atoms with van der Waals surface area (Å²) in [7, 11) is 0. The number of nitrogens with one attached hydrogen (secondary N) is 1. The van der Waals surface area contributed by atoms with E-state index in [1.165, 1.54) is 17.2 Å². The number of rotatable bonds is 2. The number of imide groups is 1. The number of carboxylic acids is 1. The summed E-state index contributed by atoms with van der Waals surface area (Å²) < 4.78 is 0. The van der Waals surface area contributed by atoms with E-state index in [0.29, 0.717) is 0 Å². The molecule has 1 aliphatic rings. The lowest BCUT2D eigenvalue weighted by Gasteiger charge is -2.27. The van der Waals surface area contributed by atoms with Crippen molar-refractivity contribution in [2.75, 3.05) is 23.7 Å². The van der Waals surface area contributed by atoms with Crippen molar-refractivity contribution in [2.24, 2.45) is 0 Å². The van der Waals surface area contributed by atoms with Crippen molar-refractivity contribution in [1.82, 2.24) is 10.3 Å². The van der Waals surface area contributed by atoms with Gasteiger partial charge in [0.2, 0.25) is 11.8 Å². The fourth-order valence-corrected chi connectivity index (χ4v) is 1.69. The van der Waals surface area contributed by atoms with Gasteiger partial charge in [-0.05, 0) is 6.07 Å². The zero-order valence-corrected chi connectivity index (χ0v) is 9.21. The molecule has 1 aliphatic heterocycles. The van der Waals surface area contributed by atoms with Crippen LogP contribution in [0.25, 0.3) is 0 Å². The first-order valence-corrected chi connectivity index (χ1v) is 5.04. The molecule has 0 spiro atoms. The summed E-state index contributed by atoms with van der Waals surface area (Å²) in [5, 5.41) is 11.1. The van der Waals surface area contributed by atoms with Crippen LogP contribution >= 0.6 is 0 Å². The highest BCUT2D eigenvalue weighted by molar-refractivity contribution is 6.04. The molecule has 2 amide bonds. The largest absolute Gasteiger partial charge is 0.478 e. The van der Waals surface area contributed by atoms with Crippen LogP contribution in [0.3, 0.4) is 0 Å². The summed E-state index contributed by atoms with van der Waals surface area (Å²) in [6.45, 7) is -0.183. The van der Waals surface area contributed by atoms with Crippen LogP contribution in [-0.4, -0.2) is 41.0 Å². The Kier molecular flexibility index (Phi) is 2.84. The van der Waals surface area contributed by atoms with Gasteiger partial charge in [0.05, 0.1) is 24.3 Å². The van der Waals surface area contributed by atoms with E-state index in [9.17, 15) is 14.4 Å². The molecule has 18 heavy (non-hydrogen) atoms. The van der Waals surface area contributed by atoms with Crippen LogP contribution in [0.2, 0.25) is 0 Å². The first kappa shape index (κ1) is 11.8. The quantitative estimate of drug-likeness (QED) is 0.564. The lowest BCUT2D eigenvalue weighted by atomic mass is 10.2. The Labute approximate surface area is 101 Å².